The summed E-state index contributed by atoms with van der Waals surface area (Å²) < 4.78 is 2.00. The zero-order valence-corrected chi connectivity index (χ0v) is 12.9. The zero-order chi connectivity index (χ0) is 13.1. The van der Waals surface area contributed by atoms with Gasteiger partial charge in [0.2, 0.25) is 5.16 Å². The second-order valence-electron chi connectivity index (χ2n) is 4.76. The Hall–Kier alpha value is -1.04. The van der Waals surface area contributed by atoms with E-state index in [1.54, 1.807) is 11.8 Å². The number of hydrogen-bond acceptors (Lipinski definition) is 4. The Labute approximate surface area is 129 Å². The van der Waals surface area contributed by atoms with Crippen molar-refractivity contribution in [3.05, 3.63) is 36.2 Å². The third-order valence-electron chi connectivity index (χ3n) is 3.14. The molecule has 1 saturated carbocycles. The van der Waals surface area contributed by atoms with Crippen LogP contribution in [-0.2, 0) is 0 Å². The smallest absolute Gasteiger partial charge is 0.209 e. The van der Waals surface area contributed by atoms with Gasteiger partial charge in [-0.25, -0.2) is 9.67 Å². The molecule has 2 aromatic rings. The van der Waals surface area contributed by atoms with E-state index in [0.717, 1.165) is 35.4 Å². The van der Waals surface area contributed by atoms with E-state index in [4.69, 9.17) is 10.7 Å². The third kappa shape index (κ3) is 3.53. The summed E-state index contributed by atoms with van der Waals surface area (Å²) in [6, 6.07) is 10.3. The van der Waals surface area contributed by atoms with Crippen LogP contribution in [0.1, 0.15) is 31.0 Å². The van der Waals surface area contributed by atoms with E-state index in [1.165, 1.54) is 12.8 Å². The Morgan fingerprint density at radius 3 is 2.65 bits per heavy atom. The minimum Gasteiger partial charge on any atom is -0.330 e. The Kier molecular flexibility index (Phi) is 5.46. The molecule has 4 nitrogen and oxygen atoms in total. The summed E-state index contributed by atoms with van der Waals surface area (Å²) in [6.45, 7) is 0.724. The quantitative estimate of drug-likeness (QED) is 0.658. The average molecular weight is 311 g/mol. The van der Waals surface area contributed by atoms with Gasteiger partial charge in [0.1, 0.15) is 5.82 Å². The van der Waals surface area contributed by atoms with E-state index < -0.39 is 0 Å². The van der Waals surface area contributed by atoms with E-state index in [2.05, 4.69) is 17.2 Å². The third-order valence-corrected chi connectivity index (χ3v) is 4.06. The van der Waals surface area contributed by atoms with Crippen LogP contribution in [0.2, 0.25) is 0 Å². The summed E-state index contributed by atoms with van der Waals surface area (Å²) in [7, 11) is 0. The summed E-state index contributed by atoms with van der Waals surface area (Å²) in [5.74, 6) is 2.69. The highest BCUT2D eigenvalue weighted by molar-refractivity contribution is 7.99. The van der Waals surface area contributed by atoms with Gasteiger partial charge in [0, 0.05) is 11.7 Å². The number of para-hydroxylation sites is 1. The average Bonchev–Trinajstić information content (AvgIpc) is 3.21. The van der Waals surface area contributed by atoms with Crippen molar-refractivity contribution in [3.63, 3.8) is 0 Å². The lowest BCUT2D eigenvalue weighted by molar-refractivity contribution is 0.782. The van der Waals surface area contributed by atoms with Gasteiger partial charge in [-0.05, 0) is 37.9 Å². The van der Waals surface area contributed by atoms with Crippen LogP contribution in [0.3, 0.4) is 0 Å². The number of halogens is 1. The van der Waals surface area contributed by atoms with Gasteiger partial charge >= 0.3 is 0 Å². The highest BCUT2D eigenvalue weighted by Crippen LogP contribution is 2.40. The van der Waals surface area contributed by atoms with Crippen LogP contribution in [0.5, 0.6) is 0 Å². The van der Waals surface area contributed by atoms with Crippen molar-refractivity contribution in [1.82, 2.24) is 14.8 Å². The Morgan fingerprint density at radius 1 is 1.25 bits per heavy atom. The topological polar surface area (TPSA) is 56.7 Å². The fourth-order valence-corrected chi connectivity index (χ4v) is 2.77. The molecule has 6 heteroatoms. The van der Waals surface area contributed by atoms with Crippen LogP contribution in [0.15, 0.2) is 35.5 Å². The van der Waals surface area contributed by atoms with Gasteiger partial charge in [-0.1, -0.05) is 30.0 Å². The number of hydrogen-bond donors (Lipinski definition) is 1. The fourth-order valence-electron chi connectivity index (χ4n) is 1.98. The van der Waals surface area contributed by atoms with Gasteiger partial charge in [-0.15, -0.1) is 17.5 Å². The largest absolute Gasteiger partial charge is 0.330 e. The molecule has 1 fully saturated rings. The van der Waals surface area contributed by atoms with Gasteiger partial charge < -0.3 is 5.73 Å². The van der Waals surface area contributed by atoms with Gasteiger partial charge in [0.05, 0.1) is 5.69 Å². The lowest BCUT2D eigenvalue weighted by Gasteiger charge is -2.03. The molecule has 0 amide bonds. The summed E-state index contributed by atoms with van der Waals surface area (Å²) >= 11 is 1.70. The monoisotopic (exact) mass is 310 g/mol. The first kappa shape index (κ1) is 15.4. The molecule has 1 heterocycles. The fraction of sp³-hybridized carbons (Fsp3) is 0.429. The van der Waals surface area contributed by atoms with E-state index in [1.807, 2.05) is 22.9 Å². The van der Waals surface area contributed by atoms with Crippen molar-refractivity contribution < 1.29 is 0 Å². The Balaban J connectivity index is 0.00000147. The molecule has 2 N–H and O–H groups in total. The molecule has 108 valence electrons. The van der Waals surface area contributed by atoms with Gasteiger partial charge in [0.25, 0.3) is 0 Å². The van der Waals surface area contributed by atoms with E-state index in [0.29, 0.717) is 5.92 Å². The number of rotatable bonds is 6. The van der Waals surface area contributed by atoms with Crippen molar-refractivity contribution in [1.29, 1.82) is 0 Å². The van der Waals surface area contributed by atoms with Crippen LogP contribution < -0.4 is 5.73 Å². The van der Waals surface area contributed by atoms with Gasteiger partial charge in [-0.3, -0.25) is 0 Å². The molecular weight excluding hydrogens is 292 g/mol. The summed E-state index contributed by atoms with van der Waals surface area (Å²) in [5, 5.41) is 5.52. The maximum Gasteiger partial charge on any atom is 0.209 e. The maximum absolute atomic E-state index is 5.52. The number of aromatic nitrogens is 3. The molecular formula is C14H19ClN4S. The number of nitrogens with zero attached hydrogens (tertiary/aromatic N) is 3. The molecule has 20 heavy (non-hydrogen) atoms. The van der Waals surface area contributed by atoms with Crippen LogP contribution >= 0.6 is 24.2 Å². The highest BCUT2D eigenvalue weighted by Gasteiger charge is 2.30. The molecule has 0 aliphatic heterocycles. The normalized spacial score (nSPS) is 14.1. The molecule has 3 rings (SSSR count). The minimum atomic E-state index is 0. The second kappa shape index (κ2) is 7.11. The minimum absolute atomic E-state index is 0. The Morgan fingerprint density at radius 2 is 2.00 bits per heavy atom. The summed E-state index contributed by atoms with van der Waals surface area (Å²) in [5.41, 5.74) is 6.62. The number of nitrogens with two attached hydrogens (primary N) is 1. The highest BCUT2D eigenvalue weighted by atomic mass is 35.5. The van der Waals surface area contributed by atoms with Crippen LogP contribution in [0.4, 0.5) is 0 Å². The van der Waals surface area contributed by atoms with Crippen molar-refractivity contribution in [2.45, 2.75) is 30.3 Å². The number of thioether (sulfide) groups is 1. The molecule has 1 aromatic heterocycles. The van der Waals surface area contributed by atoms with Crippen LogP contribution in [0, 0.1) is 0 Å². The predicted molar refractivity (Wildman–Crippen MR) is 85.0 cm³/mol. The summed E-state index contributed by atoms with van der Waals surface area (Å²) in [4.78, 5) is 4.69. The van der Waals surface area contributed by atoms with E-state index in [-0.39, 0.29) is 12.4 Å². The first-order valence-electron chi connectivity index (χ1n) is 6.73. The number of benzene rings is 1. The molecule has 0 radical (unpaired) electrons. The summed E-state index contributed by atoms with van der Waals surface area (Å²) in [6.07, 6.45) is 3.47. The van der Waals surface area contributed by atoms with E-state index >= 15 is 0 Å². The van der Waals surface area contributed by atoms with Crippen molar-refractivity contribution >= 4 is 24.2 Å². The molecule has 0 saturated heterocycles. The first-order valence-corrected chi connectivity index (χ1v) is 7.72. The molecule has 0 unspecified atom stereocenters. The van der Waals surface area contributed by atoms with Crippen molar-refractivity contribution in [2.24, 2.45) is 5.73 Å². The van der Waals surface area contributed by atoms with Gasteiger partial charge in [-0.2, -0.15) is 0 Å². The van der Waals surface area contributed by atoms with Crippen LogP contribution in [0.25, 0.3) is 5.69 Å². The van der Waals surface area contributed by atoms with Gasteiger partial charge in [0.15, 0.2) is 0 Å². The lowest BCUT2D eigenvalue weighted by atomic mass is 10.3. The molecule has 1 aliphatic carbocycles. The molecule has 0 atom stereocenters. The van der Waals surface area contributed by atoms with E-state index in [9.17, 15) is 0 Å². The van der Waals surface area contributed by atoms with Crippen molar-refractivity contribution in [2.75, 3.05) is 12.3 Å². The molecule has 0 spiro atoms. The predicted octanol–water partition coefficient (Wildman–Crippen LogP) is 3.01. The maximum atomic E-state index is 5.52. The SMILES string of the molecule is Cl.NCCCSc1nc(C2CC2)n(-c2ccccc2)n1. The van der Waals surface area contributed by atoms with Crippen molar-refractivity contribution in [3.8, 4) is 5.69 Å². The second-order valence-corrected chi connectivity index (χ2v) is 5.83. The zero-order valence-electron chi connectivity index (χ0n) is 11.2. The Bertz CT molecular complexity index is 539. The molecule has 1 aliphatic rings. The first-order chi connectivity index (χ1) is 9.38. The van der Waals surface area contributed by atoms with Crippen LogP contribution in [-0.4, -0.2) is 27.1 Å². The standard InChI is InChI=1S/C14H18N4S.ClH/c15-9-4-10-19-14-16-13(11-7-8-11)18(17-14)12-5-2-1-3-6-12;/h1-3,5-6,11H,4,7-10,15H2;1H. The lowest BCUT2D eigenvalue weighted by Crippen LogP contribution is -2.01. The molecule has 1 aromatic carbocycles. The molecule has 0 bridgehead atoms.